The molecular formula is C33H46N4. The van der Waals surface area contributed by atoms with E-state index in [0.29, 0.717) is 6.54 Å². The maximum Gasteiger partial charge on any atom is 0.0284 e. The molecule has 1 unspecified atom stereocenters. The van der Waals surface area contributed by atoms with Gasteiger partial charge in [0, 0.05) is 44.8 Å². The van der Waals surface area contributed by atoms with Gasteiger partial charge in [-0.15, -0.1) is 0 Å². The van der Waals surface area contributed by atoms with Crippen molar-refractivity contribution in [3.63, 3.8) is 0 Å². The van der Waals surface area contributed by atoms with E-state index in [2.05, 4.69) is 107 Å². The number of hydrogen-bond donors (Lipinski definition) is 4. The molecule has 0 heterocycles. The average Bonchev–Trinajstić information content (AvgIpc) is 2.93. The standard InChI is InChI=1S/C33H46N4/c34-20-21-35-22-23-36-24-25-37-33(28-31-16-8-3-9-17-31)19-11-10-18-32(33,26-29-12-4-1-5-13-29)27-30-14-6-2-7-15-30/h1-9,12-17,35-37H,10-11,18-28,34H2. The van der Waals surface area contributed by atoms with Gasteiger partial charge in [0.1, 0.15) is 0 Å². The fourth-order valence-corrected chi connectivity index (χ4v) is 6.42. The fraction of sp³-hybridized carbons (Fsp3) is 0.455. The van der Waals surface area contributed by atoms with E-state index in [1.165, 1.54) is 42.4 Å². The predicted molar refractivity (Wildman–Crippen MR) is 157 cm³/mol. The van der Waals surface area contributed by atoms with E-state index in [0.717, 1.165) is 52.0 Å². The van der Waals surface area contributed by atoms with Crippen LogP contribution >= 0.6 is 0 Å². The summed E-state index contributed by atoms with van der Waals surface area (Å²) < 4.78 is 0. The lowest BCUT2D eigenvalue weighted by molar-refractivity contribution is 0.0277. The molecule has 198 valence electrons. The Kier molecular flexibility index (Phi) is 10.7. The largest absolute Gasteiger partial charge is 0.329 e. The van der Waals surface area contributed by atoms with Gasteiger partial charge in [-0.25, -0.2) is 0 Å². The van der Waals surface area contributed by atoms with Crippen molar-refractivity contribution in [3.05, 3.63) is 108 Å². The molecule has 4 heteroatoms. The molecule has 0 aliphatic heterocycles. The summed E-state index contributed by atoms with van der Waals surface area (Å²) in [6.07, 6.45) is 8.28. The summed E-state index contributed by atoms with van der Waals surface area (Å²) in [6, 6.07) is 33.5. The van der Waals surface area contributed by atoms with Gasteiger partial charge in [0.2, 0.25) is 0 Å². The molecule has 1 atom stereocenters. The Balaban J connectivity index is 1.62. The van der Waals surface area contributed by atoms with E-state index in [-0.39, 0.29) is 11.0 Å². The predicted octanol–water partition coefficient (Wildman–Crippen LogP) is 4.74. The van der Waals surface area contributed by atoms with Gasteiger partial charge < -0.3 is 21.7 Å². The number of hydrogen-bond acceptors (Lipinski definition) is 4. The van der Waals surface area contributed by atoms with Crippen molar-refractivity contribution in [2.24, 2.45) is 11.1 Å². The summed E-state index contributed by atoms with van der Waals surface area (Å²) in [6.45, 7) is 5.42. The van der Waals surface area contributed by atoms with E-state index < -0.39 is 0 Å². The molecule has 0 saturated heterocycles. The molecule has 3 aromatic rings. The molecule has 3 aromatic carbocycles. The second-order valence-corrected chi connectivity index (χ2v) is 10.8. The second kappa shape index (κ2) is 14.4. The van der Waals surface area contributed by atoms with Crippen LogP contribution in [0.2, 0.25) is 0 Å². The zero-order valence-corrected chi connectivity index (χ0v) is 22.4. The minimum absolute atomic E-state index is 0.0256. The number of nitrogens with two attached hydrogens (primary N) is 1. The van der Waals surface area contributed by atoms with Crippen molar-refractivity contribution in [2.45, 2.75) is 50.5 Å². The van der Waals surface area contributed by atoms with Crippen molar-refractivity contribution < 1.29 is 0 Å². The molecule has 4 nitrogen and oxygen atoms in total. The molecule has 4 rings (SSSR count). The lowest BCUT2D eigenvalue weighted by Gasteiger charge is -2.56. The Morgan fingerprint density at radius 2 is 1.00 bits per heavy atom. The highest BCUT2D eigenvalue weighted by molar-refractivity contribution is 5.28. The minimum atomic E-state index is 0.0256. The SMILES string of the molecule is NCCNCCNCCNC1(Cc2ccccc2)CCCCC1(Cc1ccccc1)Cc1ccccc1. The van der Waals surface area contributed by atoms with Crippen LogP contribution in [0, 0.1) is 5.41 Å². The molecule has 1 fully saturated rings. The van der Waals surface area contributed by atoms with Crippen LogP contribution in [-0.4, -0.2) is 44.8 Å². The van der Waals surface area contributed by atoms with Gasteiger partial charge in [0.05, 0.1) is 0 Å². The fourth-order valence-electron chi connectivity index (χ4n) is 6.42. The maximum atomic E-state index is 5.59. The molecule has 5 N–H and O–H groups in total. The molecule has 0 amide bonds. The Labute approximate surface area is 224 Å². The Morgan fingerprint density at radius 1 is 0.541 bits per heavy atom. The molecular weight excluding hydrogens is 452 g/mol. The maximum absolute atomic E-state index is 5.59. The van der Waals surface area contributed by atoms with E-state index in [1.807, 2.05) is 0 Å². The van der Waals surface area contributed by atoms with Crippen molar-refractivity contribution in [1.29, 1.82) is 0 Å². The molecule has 37 heavy (non-hydrogen) atoms. The first-order valence-corrected chi connectivity index (χ1v) is 14.2. The highest BCUT2D eigenvalue weighted by Gasteiger charge is 2.51. The van der Waals surface area contributed by atoms with E-state index in [4.69, 9.17) is 5.73 Å². The molecule has 1 saturated carbocycles. The van der Waals surface area contributed by atoms with Crippen LogP contribution in [0.4, 0.5) is 0 Å². The summed E-state index contributed by atoms with van der Waals surface area (Å²) >= 11 is 0. The van der Waals surface area contributed by atoms with Gasteiger partial charge >= 0.3 is 0 Å². The zero-order chi connectivity index (χ0) is 25.7. The highest BCUT2D eigenvalue weighted by atomic mass is 15.0. The third kappa shape index (κ3) is 7.75. The summed E-state index contributed by atoms with van der Waals surface area (Å²) in [5.74, 6) is 0. The topological polar surface area (TPSA) is 62.1 Å². The Hall–Kier alpha value is -2.50. The van der Waals surface area contributed by atoms with Crippen molar-refractivity contribution in [2.75, 3.05) is 39.3 Å². The van der Waals surface area contributed by atoms with Crippen LogP contribution in [0.15, 0.2) is 91.0 Å². The normalized spacial score (nSPS) is 19.1. The monoisotopic (exact) mass is 498 g/mol. The van der Waals surface area contributed by atoms with E-state index >= 15 is 0 Å². The molecule has 1 aliphatic carbocycles. The molecule has 0 spiro atoms. The summed E-state index contributed by atoms with van der Waals surface area (Å²) in [7, 11) is 0. The third-order valence-electron chi connectivity index (χ3n) is 8.21. The van der Waals surface area contributed by atoms with Crippen LogP contribution < -0.4 is 21.7 Å². The van der Waals surface area contributed by atoms with Crippen LogP contribution in [0.1, 0.15) is 42.4 Å². The Bertz CT molecular complexity index is 967. The summed E-state index contributed by atoms with van der Waals surface area (Å²) in [4.78, 5) is 0. The molecule has 0 aromatic heterocycles. The quantitative estimate of drug-likeness (QED) is 0.229. The third-order valence-corrected chi connectivity index (χ3v) is 8.21. The van der Waals surface area contributed by atoms with Crippen LogP contribution in [0.3, 0.4) is 0 Å². The first-order chi connectivity index (χ1) is 18.3. The van der Waals surface area contributed by atoms with Gasteiger partial charge in [-0.1, -0.05) is 104 Å². The summed E-state index contributed by atoms with van der Waals surface area (Å²) in [5.41, 5.74) is 10.1. The van der Waals surface area contributed by atoms with Crippen molar-refractivity contribution in [1.82, 2.24) is 16.0 Å². The average molecular weight is 499 g/mol. The van der Waals surface area contributed by atoms with Gasteiger partial charge in [-0.3, -0.25) is 0 Å². The smallest absolute Gasteiger partial charge is 0.0284 e. The van der Waals surface area contributed by atoms with Crippen molar-refractivity contribution >= 4 is 0 Å². The molecule has 1 aliphatic rings. The Morgan fingerprint density at radius 3 is 1.54 bits per heavy atom. The van der Waals surface area contributed by atoms with Gasteiger partial charge in [-0.05, 0) is 54.2 Å². The van der Waals surface area contributed by atoms with E-state index in [1.54, 1.807) is 0 Å². The first kappa shape index (κ1) is 27.5. The van der Waals surface area contributed by atoms with E-state index in [9.17, 15) is 0 Å². The number of benzene rings is 3. The highest BCUT2D eigenvalue weighted by Crippen LogP contribution is 2.50. The van der Waals surface area contributed by atoms with Crippen LogP contribution in [0.25, 0.3) is 0 Å². The minimum Gasteiger partial charge on any atom is -0.329 e. The summed E-state index contributed by atoms with van der Waals surface area (Å²) in [5, 5.41) is 11.2. The molecule has 0 radical (unpaired) electrons. The number of nitrogens with one attached hydrogen (secondary N) is 3. The first-order valence-electron chi connectivity index (χ1n) is 14.2. The van der Waals surface area contributed by atoms with Gasteiger partial charge in [-0.2, -0.15) is 0 Å². The molecule has 0 bridgehead atoms. The number of rotatable bonds is 15. The van der Waals surface area contributed by atoms with Crippen LogP contribution in [-0.2, 0) is 19.3 Å². The zero-order valence-electron chi connectivity index (χ0n) is 22.4. The van der Waals surface area contributed by atoms with Crippen molar-refractivity contribution in [3.8, 4) is 0 Å². The lowest BCUT2D eigenvalue weighted by atomic mass is 9.54. The lowest BCUT2D eigenvalue weighted by Crippen LogP contribution is -2.64. The van der Waals surface area contributed by atoms with Gasteiger partial charge in [0.25, 0.3) is 0 Å². The van der Waals surface area contributed by atoms with Crippen LogP contribution in [0.5, 0.6) is 0 Å². The van der Waals surface area contributed by atoms with Gasteiger partial charge in [0.15, 0.2) is 0 Å². The second-order valence-electron chi connectivity index (χ2n) is 10.8.